The van der Waals surface area contributed by atoms with Gasteiger partial charge in [0.05, 0.1) is 18.3 Å². The molecule has 2 rings (SSSR count). The Kier molecular flexibility index (Phi) is 5.04. The van der Waals surface area contributed by atoms with Gasteiger partial charge in [0.1, 0.15) is 0 Å². The molecule has 0 saturated carbocycles. The van der Waals surface area contributed by atoms with Crippen molar-refractivity contribution in [2.75, 3.05) is 7.11 Å². The van der Waals surface area contributed by atoms with Crippen LogP contribution in [-0.4, -0.2) is 35.1 Å². The number of hydrogen-bond donors (Lipinski definition) is 1. The zero-order valence-electron chi connectivity index (χ0n) is 14.3. The number of carboxylic acid groups (broad SMARTS) is 1. The average Bonchev–Trinajstić information content (AvgIpc) is 2.84. The lowest BCUT2D eigenvalue weighted by Crippen LogP contribution is -2.13. The van der Waals surface area contributed by atoms with E-state index in [4.69, 9.17) is 11.6 Å². The summed E-state index contributed by atoms with van der Waals surface area (Å²) in [6.07, 6.45) is 1.62. The van der Waals surface area contributed by atoms with E-state index in [0.717, 1.165) is 10.6 Å². The lowest BCUT2D eigenvalue weighted by molar-refractivity contribution is -0.134. The number of carbonyl (C=O) groups is 3. The van der Waals surface area contributed by atoms with Gasteiger partial charge in [-0.05, 0) is 29.2 Å². The van der Waals surface area contributed by atoms with Gasteiger partial charge in [-0.1, -0.05) is 32.4 Å². The molecule has 1 aromatic heterocycles. The average molecular weight is 364 g/mol. The first-order valence-corrected chi connectivity index (χ1v) is 7.83. The Morgan fingerprint density at radius 1 is 1.28 bits per heavy atom. The number of methoxy groups -OCH3 is 1. The molecular weight excluding hydrogens is 346 g/mol. The molecule has 1 N–H and O–H groups in total. The maximum atomic E-state index is 11.8. The fourth-order valence-corrected chi connectivity index (χ4v) is 3.28. The van der Waals surface area contributed by atoms with Crippen LogP contribution in [0.25, 0.3) is 17.0 Å². The second-order valence-corrected chi connectivity index (χ2v) is 6.86. The van der Waals surface area contributed by atoms with Crippen LogP contribution in [0, 0.1) is 0 Å². The molecule has 7 heteroatoms. The zero-order chi connectivity index (χ0) is 18.9. The summed E-state index contributed by atoms with van der Waals surface area (Å²) >= 11 is 6.34. The minimum absolute atomic E-state index is 0.0793. The topological polar surface area (TPSA) is 85.6 Å². The van der Waals surface area contributed by atoms with Crippen molar-refractivity contribution in [3.05, 3.63) is 40.1 Å². The van der Waals surface area contributed by atoms with Crippen molar-refractivity contribution in [2.24, 2.45) is 0 Å². The minimum Gasteiger partial charge on any atom is -0.466 e. The number of benzene rings is 1. The quantitative estimate of drug-likeness (QED) is 0.503. The van der Waals surface area contributed by atoms with Gasteiger partial charge in [0, 0.05) is 22.0 Å². The van der Waals surface area contributed by atoms with Crippen LogP contribution in [0.1, 0.15) is 42.4 Å². The molecular formula is C18H18ClNO5. The maximum absolute atomic E-state index is 11.8. The van der Waals surface area contributed by atoms with Crippen molar-refractivity contribution < 1.29 is 24.2 Å². The van der Waals surface area contributed by atoms with Gasteiger partial charge >= 0.3 is 12.1 Å². The molecule has 132 valence electrons. The lowest BCUT2D eigenvalue weighted by atomic mass is 9.83. The van der Waals surface area contributed by atoms with E-state index in [0.29, 0.717) is 27.8 Å². The number of hydrogen-bond acceptors (Lipinski definition) is 4. The van der Waals surface area contributed by atoms with Crippen LogP contribution in [0.3, 0.4) is 0 Å². The number of esters is 1. The first-order chi connectivity index (χ1) is 11.6. The van der Waals surface area contributed by atoms with Gasteiger partial charge < -0.3 is 9.84 Å². The van der Waals surface area contributed by atoms with E-state index in [-0.39, 0.29) is 11.3 Å². The number of aldehydes is 1. The van der Waals surface area contributed by atoms with Crippen LogP contribution in [0.4, 0.5) is 4.79 Å². The predicted molar refractivity (Wildman–Crippen MR) is 95.5 cm³/mol. The number of aromatic nitrogens is 1. The largest absolute Gasteiger partial charge is 0.466 e. The fraction of sp³-hybridized carbons (Fsp3) is 0.278. The van der Waals surface area contributed by atoms with Gasteiger partial charge in [-0.2, -0.15) is 0 Å². The van der Waals surface area contributed by atoms with Crippen LogP contribution in [0.5, 0.6) is 0 Å². The third kappa shape index (κ3) is 3.30. The van der Waals surface area contributed by atoms with Crippen LogP contribution >= 0.6 is 11.6 Å². The van der Waals surface area contributed by atoms with E-state index >= 15 is 0 Å². The van der Waals surface area contributed by atoms with E-state index in [1.54, 1.807) is 12.1 Å². The summed E-state index contributed by atoms with van der Waals surface area (Å²) in [5.41, 5.74) is 0.804. The molecule has 0 bridgehead atoms. The highest BCUT2D eigenvalue weighted by atomic mass is 35.5. The Morgan fingerprint density at radius 2 is 1.92 bits per heavy atom. The summed E-state index contributed by atoms with van der Waals surface area (Å²) in [5, 5.41) is 10.5. The fourth-order valence-electron chi connectivity index (χ4n) is 2.84. The van der Waals surface area contributed by atoms with E-state index < -0.39 is 17.5 Å². The first-order valence-electron chi connectivity index (χ1n) is 7.45. The SMILES string of the molecule is COC(=O)C=Cc1c(C=O)c2c(C(C)(C)C)c(Cl)ccc2n1C(=O)O. The molecule has 0 spiro atoms. The minimum atomic E-state index is -1.27. The van der Waals surface area contributed by atoms with Crippen LogP contribution in [-0.2, 0) is 14.9 Å². The molecule has 2 aromatic rings. The molecule has 1 aromatic carbocycles. The van der Waals surface area contributed by atoms with Crippen LogP contribution < -0.4 is 0 Å². The van der Waals surface area contributed by atoms with Crippen molar-refractivity contribution in [3.8, 4) is 0 Å². The predicted octanol–water partition coefficient (Wildman–Crippen LogP) is 4.12. The second-order valence-electron chi connectivity index (χ2n) is 6.46. The van der Waals surface area contributed by atoms with Gasteiger partial charge in [-0.15, -0.1) is 0 Å². The van der Waals surface area contributed by atoms with E-state index in [1.165, 1.54) is 13.2 Å². The zero-order valence-corrected chi connectivity index (χ0v) is 15.0. The highest BCUT2D eigenvalue weighted by Gasteiger charge is 2.28. The van der Waals surface area contributed by atoms with E-state index in [9.17, 15) is 19.5 Å². The number of fused-ring (bicyclic) bond motifs is 1. The Hall–Kier alpha value is -2.60. The molecule has 0 atom stereocenters. The number of halogens is 1. The molecule has 0 aliphatic heterocycles. The van der Waals surface area contributed by atoms with Crippen LogP contribution in [0.15, 0.2) is 18.2 Å². The Balaban J connectivity index is 3.01. The monoisotopic (exact) mass is 363 g/mol. The molecule has 0 aliphatic rings. The Morgan fingerprint density at radius 3 is 2.40 bits per heavy atom. The number of nitrogens with zero attached hydrogens (tertiary/aromatic N) is 1. The highest BCUT2D eigenvalue weighted by molar-refractivity contribution is 6.33. The van der Waals surface area contributed by atoms with E-state index in [1.807, 2.05) is 20.8 Å². The van der Waals surface area contributed by atoms with Crippen molar-refractivity contribution in [1.29, 1.82) is 0 Å². The van der Waals surface area contributed by atoms with Crippen molar-refractivity contribution in [1.82, 2.24) is 4.57 Å². The summed E-state index contributed by atoms with van der Waals surface area (Å²) < 4.78 is 5.49. The number of rotatable bonds is 3. The Labute approximate surface area is 149 Å². The third-order valence-electron chi connectivity index (χ3n) is 3.80. The van der Waals surface area contributed by atoms with Gasteiger partial charge in [-0.25, -0.2) is 14.2 Å². The third-order valence-corrected chi connectivity index (χ3v) is 4.11. The molecule has 0 unspecified atom stereocenters. The Bertz CT molecular complexity index is 903. The summed E-state index contributed by atoms with van der Waals surface area (Å²) in [5.74, 6) is -0.659. The number of ether oxygens (including phenoxy) is 1. The number of carbonyl (C=O) groups excluding carboxylic acids is 2. The molecule has 0 saturated heterocycles. The van der Waals surface area contributed by atoms with Crippen molar-refractivity contribution in [3.63, 3.8) is 0 Å². The molecule has 0 amide bonds. The first kappa shape index (κ1) is 18.7. The van der Waals surface area contributed by atoms with Crippen molar-refractivity contribution in [2.45, 2.75) is 26.2 Å². The molecule has 25 heavy (non-hydrogen) atoms. The molecule has 0 radical (unpaired) electrons. The summed E-state index contributed by atoms with van der Waals surface area (Å²) in [6, 6.07) is 3.15. The molecule has 6 nitrogen and oxygen atoms in total. The molecule has 0 fully saturated rings. The van der Waals surface area contributed by atoms with Gasteiger partial charge in [0.2, 0.25) is 0 Å². The lowest BCUT2D eigenvalue weighted by Gasteiger charge is -2.22. The van der Waals surface area contributed by atoms with Gasteiger partial charge in [0.25, 0.3) is 0 Å². The van der Waals surface area contributed by atoms with Gasteiger partial charge in [-0.3, -0.25) is 4.79 Å². The second kappa shape index (κ2) is 6.72. The van der Waals surface area contributed by atoms with Gasteiger partial charge in [0.15, 0.2) is 6.29 Å². The smallest absolute Gasteiger partial charge is 0.416 e. The summed E-state index contributed by atoms with van der Waals surface area (Å²) in [4.78, 5) is 35.0. The summed E-state index contributed by atoms with van der Waals surface area (Å²) in [6.45, 7) is 5.76. The summed E-state index contributed by atoms with van der Waals surface area (Å²) in [7, 11) is 1.21. The molecule has 1 heterocycles. The van der Waals surface area contributed by atoms with E-state index in [2.05, 4.69) is 4.74 Å². The molecule has 0 aliphatic carbocycles. The normalized spacial score (nSPS) is 11.9. The van der Waals surface area contributed by atoms with Crippen molar-refractivity contribution >= 4 is 46.9 Å². The maximum Gasteiger partial charge on any atom is 0.416 e. The standard InChI is InChI=1S/C18H18ClNO5/c1-18(2,3)16-11(19)5-6-13-15(16)10(9-21)12(20(13)17(23)24)7-8-14(22)25-4/h5-9H,1-4H3,(H,23,24). The van der Waals surface area contributed by atoms with Crippen LogP contribution in [0.2, 0.25) is 5.02 Å². The highest BCUT2D eigenvalue weighted by Crippen LogP contribution is 2.39.